The Morgan fingerprint density at radius 2 is 1.69 bits per heavy atom. The summed E-state index contributed by atoms with van der Waals surface area (Å²) in [6, 6.07) is 6.04. The molecule has 0 spiro atoms. The third-order valence-electron chi connectivity index (χ3n) is 2.65. The second kappa shape index (κ2) is 4.31. The third-order valence-corrected chi connectivity index (χ3v) is 2.65. The van der Waals surface area contributed by atoms with Gasteiger partial charge in [0.15, 0.2) is 0 Å². The minimum Gasteiger partial charge on any atom is -0.497 e. The number of methoxy groups -OCH3 is 1. The highest BCUT2D eigenvalue weighted by Crippen LogP contribution is 2.27. The molecule has 0 atom stereocenters. The number of aryl methyl sites for hydroxylation is 2. The molecule has 0 saturated heterocycles. The first kappa shape index (κ1) is 10.6. The van der Waals surface area contributed by atoms with E-state index in [1.165, 1.54) is 11.1 Å². The van der Waals surface area contributed by atoms with Crippen molar-refractivity contribution >= 4 is 0 Å². The number of ether oxygens (including phenoxy) is 1. The summed E-state index contributed by atoms with van der Waals surface area (Å²) in [6.07, 6.45) is 3.57. The molecule has 0 aliphatic rings. The molecule has 1 aromatic carbocycles. The first-order chi connectivity index (χ1) is 7.72. The van der Waals surface area contributed by atoms with E-state index in [-0.39, 0.29) is 0 Å². The molecule has 2 rings (SSSR count). The molecule has 2 aromatic rings. The Kier molecular flexibility index (Phi) is 2.86. The smallest absolute Gasteiger partial charge is 0.119 e. The highest BCUT2D eigenvalue weighted by atomic mass is 16.5. The van der Waals surface area contributed by atoms with Crippen LogP contribution >= 0.6 is 0 Å². The van der Waals surface area contributed by atoms with Crippen molar-refractivity contribution in [2.75, 3.05) is 7.11 Å². The monoisotopic (exact) mass is 214 g/mol. The average Bonchev–Trinajstić information content (AvgIpc) is 2.30. The lowest BCUT2D eigenvalue weighted by molar-refractivity contribution is 0.414. The second-order valence-corrected chi connectivity index (χ2v) is 3.77. The number of hydrogen-bond donors (Lipinski definition) is 0. The van der Waals surface area contributed by atoms with Crippen molar-refractivity contribution < 1.29 is 4.74 Å². The van der Waals surface area contributed by atoms with Crippen molar-refractivity contribution in [3.63, 3.8) is 0 Å². The maximum atomic E-state index is 5.19. The van der Waals surface area contributed by atoms with Crippen molar-refractivity contribution in [2.24, 2.45) is 0 Å². The van der Waals surface area contributed by atoms with E-state index in [9.17, 15) is 0 Å². The molecule has 0 fully saturated rings. The predicted octanol–water partition coefficient (Wildman–Crippen LogP) is 2.77. The first-order valence-corrected chi connectivity index (χ1v) is 5.14. The van der Waals surface area contributed by atoms with E-state index in [4.69, 9.17) is 4.74 Å². The molecule has 0 aliphatic heterocycles. The summed E-state index contributed by atoms with van der Waals surface area (Å²) in [5.41, 5.74) is 4.60. The van der Waals surface area contributed by atoms with Gasteiger partial charge in [-0.1, -0.05) is 6.07 Å². The lowest BCUT2D eigenvalue weighted by atomic mass is 9.99. The van der Waals surface area contributed by atoms with Gasteiger partial charge in [-0.2, -0.15) is 10.2 Å². The highest BCUT2D eigenvalue weighted by Gasteiger charge is 2.06. The van der Waals surface area contributed by atoms with Crippen LogP contribution in [0.15, 0.2) is 30.6 Å². The Bertz CT molecular complexity index is 509. The SMILES string of the molecule is COc1ccc(-c2cnncc2C)c(C)c1. The molecule has 0 N–H and O–H groups in total. The lowest BCUT2D eigenvalue weighted by Gasteiger charge is -2.09. The molecule has 3 heteroatoms. The molecule has 0 unspecified atom stereocenters. The van der Waals surface area contributed by atoms with Crippen LogP contribution in [-0.2, 0) is 0 Å². The molecule has 82 valence electrons. The van der Waals surface area contributed by atoms with Crippen LogP contribution in [0.3, 0.4) is 0 Å². The average molecular weight is 214 g/mol. The Hall–Kier alpha value is -1.90. The van der Waals surface area contributed by atoms with Gasteiger partial charge >= 0.3 is 0 Å². The Labute approximate surface area is 95.1 Å². The Morgan fingerprint density at radius 3 is 2.31 bits per heavy atom. The molecule has 1 aromatic heterocycles. The van der Waals surface area contributed by atoms with Crippen molar-refractivity contribution in [1.29, 1.82) is 0 Å². The van der Waals surface area contributed by atoms with Gasteiger partial charge in [0.2, 0.25) is 0 Å². The standard InChI is InChI=1S/C13H14N2O/c1-9-6-11(16-3)4-5-12(9)13-8-15-14-7-10(13)2/h4-8H,1-3H3. The molecule has 0 aliphatic carbocycles. The van der Waals surface area contributed by atoms with Crippen LogP contribution in [0.4, 0.5) is 0 Å². The number of aromatic nitrogens is 2. The second-order valence-electron chi connectivity index (χ2n) is 3.77. The van der Waals surface area contributed by atoms with Crippen LogP contribution in [0.5, 0.6) is 5.75 Å². The molecule has 0 bridgehead atoms. The van der Waals surface area contributed by atoms with Gasteiger partial charge < -0.3 is 4.74 Å². The Balaban J connectivity index is 2.53. The summed E-state index contributed by atoms with van der Waals surface area (Å²) in [4.78, 5) is 0. The maximum Gasteiger partial charge on any atom is 0.119 e. The maximum absolute atomic E-state index is 5.19. The molecule has 0 radical (unpaired) electrons. The normalized spacial score (nSPS) is 10.2. The van der Waals surface area contributed by atoms with Crippen LogP contribution in [-0.4, -0.2) is 17.3 Å². The molecule has 3 nitrogen and oxygen atoms in total. The fourth-order valence-corrected chi connectivity index (χ4v) is 1.73. The molecular formula is C13H14N2O. The van der Waals surface area contributed by atoms with Crippen molar-refractivity contribution in [1.82, 2.24) is 10.2 Å². The highest BCUT2D eigenvalue weighted by molar-refractivity contribution is 5.69. The number of rotatable bonds is 2. The van der Waals surface area contributed by atoms with Gasteiger partial charge in [-0.05, 0) is 42.7 Å². The van der Waals surface area contributed by atoms with Gasteiger partial charge in [-0.15, -0.1) is 0 Å². The number of hydrogen-bond acceptors (Lipinski definition) is 3. The fourth-order valence-electron chi connectivity index (χ4n) is 1.73. The predicted molar refractivity (Wildman–Crippen MR) is 63.5 cm³/mol. The van der Waals surface area contributed by atoms with Gasteiger partial charge in [0.05, 0.1) is 19.5 Å². The van der Waals surface area contributed by atoms with Crippen LogP contribution in [0, 0.1) is 13.8 Å². The third kappa shape index (κ3) is 1.89. The fraction of sp³-hybridized carbons (Fsp3) is 0.231. The minimum atomic E-state index is 0.876. The zero-order chi connectivity index (χ0) is 11.5. The molecule has 0 amide bonds. The van der Waals surface area contributed by atoms with Crippen LogP contribution < -0.4 is 4.74 Å². The summed E-state index contributed by atoms with van der Waals surface area (Å²) in [7, 11) is 1.67. The topological polar surface area (TPSA) is 35.0 Å². The van der Waals surface area contributed by atoms with Crippen LogP contribution in [0.1, 0.15) is 11.1 Å². The van der Waals surface area contributed by atoms with Crippen molar-refractivity contribution in [2.45, 2.75) is 13.8 Å². The van der Waals surface area contributed by atoms with Crippen LogP contribution in [0.25, 0.3) is 11.1 Å². The molecule has 1 heterocycles. The Morgan fingerprint density at radius 1 is 0.938 bits per heavy atom. The van der Waals surface area contributed by atoms with E-state index in [0.29, 0.717) is 0 Å². The summed E-state index contributed by atoms with van der Waals surface area (Å²) in [5, 5.41) is 7.78. The number of nitrogens with zero attached hydrogens (tertiary/aromatic N) is 2. The number of benzene rings is 1. The lowest BCUT2D eigenvalue weighted by Crippen LogP contribution is -1.91. The van der Waals surface area contributed by atoms with E-state index >= 15 is 0 Å². The van der Waals surface area contributed by atoms with E-state index in [0.717, 1.165) is 16.9 Å². The molecule has 16 heavy (non-hydrogen) atoms. The van der Waals surface area contributed by atoms with Gasteiger partial charge in [0.1, 0.15) is 5.75 Å². The zero-order valence-corrected chi connectivity index (χ0v) is 9.69. The van der Waals surface area contributed by atoms with Gasteiger partial charge in [-0.3, -0.25) is 0 Å². The first-order valence-electron chi connectivity index (χ1n) is 5.14. The largest absolute Gasteiger partial charge is 0.497 e. The minimum absolute atomic E-state index is 0.876. The van der Waals surface area contributed by atoms with Crippen molar-refractivity contribution in [3.05, 3.63) is 41.7 Å². The van der Waals surface area contributed by atoms with E-state index in [2.05, 4.69) is 23.2 Å². The van der Waals surface area contributed by atoms with E-state index < -0.39 is 0 Å². The summed E-state index contributed by atoms with van der Waals surface area (Å²) in [5.74, 6) is 0.876. The van der Waals surface area contributed by atoms with E-state index in [1.807, 2.05) is 19.1 Å². The molecule has 0 saturated carbocycles. The van der Waals surface area contributed by atoms with Crippen LogP contribution in [0.2, 0.25) is 0 Å². The van der Waals surface area contributed by atoms with Gasteiger partial charge in [0, 0.05) is 5.56 Å². The van der Waals surface area contributed by atoms with E-state index in [1.54, 1.807) is 19.5 Å². The quantitative estimate of drug-likeness (QED) is 0.771. The van der Waals surface area contributed by atoms with Crippen molar-refractivity contribution in [3.8, 4) is 16.9 Å². The molecular weight excluding hydrogens is 200 g/mol. The summed E-state index contributed by atoms with van der Waals surface area (Å²) >= 11 is 0. The van der Waals surface area contributed by atoms with Gasteiger partial charge in [0.25, 0.3) is 0 Å². The van der Waals surface area contributed by atoms with Gasteiger partial charge in [-0.25, -0.2) is 0 Å². The summed E-state index contributed by atoms with van der Waals surface area (Å²) < 4.78 is 5.19. The summed E-state index contributed by atoms with van der Waals surface area (Å²) in [6.45, 7) is 4.10. The zero-order valence-electron chi connectivity index (χ0n) is 9.69.